The molecule has 1 amide bonds. The summed E-state index contributed by atoms with van der Waals surface area (Å²) in [6.45, 7) is 4.48. The highest BCUT2D eigenvalue weighted by Crippen LogP contribution is 2.29. The largest absolute Gasteiger partial charge is 0.369 e. The summed E-state index contributed by atoms with van der Waals surface area (Å²) >= 11 is 0. The average Bonchev–Trinajstić information content (AvgIpc) is 3.07. The van der Waals surface area contributed by atoms with Crippen molar-refractivity contribution in [3.63, 3.8) is 0 Å². The third-order valence-corrected chi connectivity index (χ3v) is 3.63. The molecule has 0 bridgehead atoms. The minimum absolute atomic E-state index is 0.0604. The number of ether oxygens (including phenoxy) is 1. The Balaban J connectivity index is 1.65. The van der Waals surface area contributed by atoms with Crippen LogP contribution >= 0.6 is 0 Å². The SMILES string of the molecule is C[C@@H]1Cc2c(C(=O)NCCc3cnoc3)n[nH]c2[C@H](C)O1. The van der Waals surface area contributed by atoms with E-state index in [4.69, 9.17) is 9.26 Å². The summed E-state index contributed by atoms with van der Waals surface area (Å²) in [6.07, 6.45) is 4.62. The van der Waals surface area contributed by atoms with Crippen LogP contribution in [0.1, 0.15) is 47.3 Å². The Labute approximate surface area is 122 Å². The molecular formula is C14H18N4O3. The molecular weight excluding hydrogens is 272 g/mol. The Morgan fingerprint density at radius 3 is 3.14 bits per heavy atom. The van der Waals surface area contributed by atoms with Crippen LogP contribution in [-0.2, 0) is 17.6 Å². The van der Waals surface area contributed by atoms with Crippen molar-refractivity contribution in [3.05, 3.63) is 35.0 Å². The first-order valence-electron chi connectivity index (χ1n) is 7.04. The predicted octanol–water partition coefficient (Wildman–Crippen LogP) is 1.39. The van der Waals surface area contributed by atoms with Gasteiger partial charge in [-0.25, -0.2) is 0 Å². The van der Waals surface area contributed by atoms with Gasteiger partial charge in [-0.15, -0.1) is 0 Å². The zero-order valence-electron chi connectivity index (χ0n) is 12.0. The van der Waals surface area contributed by atoms with E-state index in [0.717, 1.165) is 16.8 Å². The van der Waals surface area contributed by atoms with E-state index in [9.17, 15) is 4.79 Å². The van der Waals surface area contributed by atoms with Gasteiger partial charge in [-0.3, -0.25) is 9.89 Å². The van der Waals surface area contributed by atoms with Crippen LogP contribution in [0.4, 0.5) is 0 Å². The Kier molecular flexibility index (Phi) is 3.74. The Bertz CT molecular complexity index is 620. The van der Waals surface area contributed by atoms with Crippen LogP contribution in [0.2, 0.25) is 0 Å². The van der Waals surface area contributed by atoms with Crippen molar-refractivity contribution in [1.29, 1.82) is 0 Å². The van der Waals surface area contributed by atoms with Gasteiger partial charge in [0, 0.05) is 24.1 Å². The molecule has 0 saturated heterocycles. The first-order chi connectivity index (χ1) is 10.1. The summed E-state index contributed by atoms with van der Waals surface area (Å²) < 4.78 is 10.5. The van der Waals surface area contributed by atoms with Gasteiger partial charge in [-0.2, -0.15) is 5.10 Å². The van der Waals surface area contributed by atoms with Crippen molar-refractivity contribution in [2.75, 3.05) is 6.54 Å². The predicted molar refractivity (Wildman–Crippen MR) is 73.8 cm³/mol. The lowest BCUT2D eigenvalue weighted by Crippen LogP contribution is -2.29. The molecule has 0 radical (unpaired) electrons. The molecule has 0 spiro atoms. The van der Waals surface area contributed by atoms with Crippen molar-refractivity contribution >= 4 is 5.91 Å². The molecule has 112 valence electrons. The van der Waals surface area contributed by atoms with Crippen molar-refractivity contribution in [3.8, 4) is 0 Å². The lowest BCUT2D eigenvalue weighted by atomic mass is 9.99. The number of H-pyrrole nitrogens is 1. The van der Waals surface area contributed by atoms with E-state index in [2.05, 4.69) is 20.7 Å². The molecule has 3 heterocycles. The monoisotopic (exact) mass is 290 g/mol. The Hall–Kier alpha value is -2.15. The molecule has 0 unspecified atom stereocenters. The van der Waals surface area contributed by atoms with E-state index >= 15 is 0 Å². The summed E-state index contributed by atoms with van der Waals surface area (Å²) in [4.78, 5) is 12.2. The van der Waals surface area contributed by atoms with Gasteiger partial charge in [0.05, 0.1) is 24.1 Å². The quantitative estimate of drug-likeness (QED) is 0.887. The highest BCUT2D eigenvalue weighted by Gasteiger charge is 2.29. The number of hydrogen-bond donors (Lipinski definition) is 2. The van der Waals surface area contributed by atoms with Crippen molar-refractivity contribution in [2.24, 2.45) is 0 Å². The second kappa shape index (κ2) is 5.69. The first kappa shape index (κ1) is 13.8. The summed E-state index contributed by atoms with van der Waals surface area (Å²) in [7, 11) is 0. The second-order valence-corrected chi connectivity index (χ2v) is 5.30. The summed E-state index contributed by atoms with van der Waals surface area (Å²) in [5.41, 5.74) is 3.29. The normalized spacial score (nSPS) is 21.0. The molecule has 2 aromatic heterocycles. The fourth-order valence-corrected chi connectivity index (χ4v) is 2.62. The molecule has 7 heteroatoms. The number of carbonyl (C=O) groups is 1. The van der Waals surface area contributed by atoms with Crippen LogP contribution in [0.3, 0.4) is 0 Å². The van der Waals surface area contributed by atoms with E-state index in [1.165, 1.54) is 0 Å². The number of rotatable bonds is 4. The molecule has 2 aromatic rings. The molecule has 2 atom stereocenters. The van der Waals surface area contributed by atoms with Gasteiger partial charge in [0.2, 0.25) is 0 Å². The summed E-state index contributed by atoms with van der Waals surface area (Å²) in [5.74, 6) is -0.162. The molecule has 0 aromatic carbocycles. The summed E-state index contributed by atoms with van der Waals surface area (Å²) in [6, 6.07) is 0. The highest BCUT2D eigenvalue weighted by molar-refractivity contribution is 5.94. The molecule has 0 saturated carbocycles. The second-order valence-electron chi connectivity index (χ2n) is 5.30. The number of aromatic amines is 1. The van der Waals surface area contributed by atoms with Gasteiger partial charge < -0.3 is 14.6 Å². The maximum atomic E-state index is 12.2. The van der Waals surface area contributed by atoms with E-state index in [1.54, 1.807) is 12.5 Å². The van der Waals surface area contributed by atoms with Crippen LogP contribution in [0.25, 0.3) is 0 Å². The Morgan fingerprint density at radius 1 is 1.52 bits per heavy atom. The number of carbonyl (C=O) groups excluding carboxylic acids is 1. The smallest absolute Gasteiger partial charge is 0.272 e. The highest BCUT2D eigenvalue weighted by atomic mass is 16.5. The third kappa shape index (κ3) is 2.82. The fourth-order valence-electron chi connectivity index (χ4n) is 2.62. The van der Waals surface area contributed by atoms with Crippen LogP contribution in [-0.4, -0.2) is 33.9 Å². The fraction of sp³-hybridized carbons (Fsp3) is 0.500. The first-order valence-corrected chi connectivity index (χ1v) is 7.04. The number of aromatic nitrogens is 3. The molecule has 7 nitrogen and oxygen atoms in total. The third-order valence-electron chi connectivity index (χ3n) is 3.63. The number of nitrogens with zero attached hydrogens (tertiary/aromatic N) is 2. The van der Waals surface area contributed by atoms with Gasteiger partial charge >= 0.3 is 0 Å². The van der Waals surface area contributed by atoms with Gasteiger partial charge in [0.15, 0.2) is 5.69 Å². The van der Waals surface area contributed by atoms with Crippen molar-refractivity contribution in [2.45, 2.75) is 38.9 Å². The zero-order chi connectivity index (χ0) is 14.8. The van der Waals surface area contributed by atoms with Gasteiger partial charge in [-0.05, 0) is 20.3 Å². The Morgan fingerprint density at radius 2 is 2.38 bits per heavy atom. The number of nitrogens with one attached hydrogen (secondary N) is 2. The number of amides is 1. The average molecular weight is 290 g/mol. The molecule has 1 aliphatic rings. The van der Waals surface area contributed by atoms with E-state index in [0.29, 0.717) is 25.1 Å². The topological polar surface area (TPSA) is 93.0 Å². The minimum atomic E-state index is -0.162. The lowest BCUT2D eigenvalue weighted by Gasteiger charge is -2.25. The number of fused-ring (bicyclic) bond motifs is 1. The lowest BCUT2D eigenvalue weighted by molar-refractivity contribution is -0.00697. The molecule has 2 N–H and O–H groups in total. The standard InChI is InChI=1S/C14H18N4O3/c1-8-5-11-12(9(2)21-8)17-18-13(11)14(19)15-4-3-10-6-16-20-7-10/h6-9H,3-5H2,1-2H3,(H,15,19)(H,17,18)/t8-,9+/m1/s1. The molecule has 0 aliphatic carbocycles. The summed E-state index contributed by atoms with van der Waals surface area (Å²) in [5, 5.41) is 13.6. The van der Waals surface area contributed by atoms with E-state index in [1.807, 2.05) is 13.8 Å². The van der Waals surface area contributed by atoms with Crippen molar-refractivity contribution in [1.82, 2.24) is 20.7 Å². The zero-order valence-corrected chi connectivity index (χ0v) is 12.0. The maximum absolute atomic E-state index is 12.2. The molecule has 21 heavy (non-hydrogen) atoms. The van der Waals surface area contributed by atoms with Crippen LogP contribution in [0.5, 0.6) is 0 Å². The van der Waals surface area contributed by atoms with Crippen LogP contribution in [0.15, 0.2) is 17.0 Å². The molecule has 3 rings (SSSR count). The van der Waals surface area contributed by atoms with Crippen LogP contribution in [0, 0.1) is 0 Å². The van der Waals surface area contributed by atoms with E-state index < -0.39 is 0 Å². The van der Waals surface area contributed by atoms with Gasteiger partial charge in [-0.1, -0.05) is 5.16 Å². The van der Waals surface area contributed by atoms with Gasteiger partial charge in [0.25, 0.3) is 5.91 Å². The molecule has 1 aliphatic heterocycles. The van der Waals surface area contributed by atoms with Crippen LogP contribution < -0.4 is 5.32 Å². The van der Waals surface area contributed by atoms with E-state index in [-0.39, 0.29) is 18.1 Å². The molecule has 0 fully saturated rings. The van der Waals surface area contributed by atoms with Gasteiger partial charge in [0.1, 0.15) is 6.26 Å². The maximum Gasteiger partial charge on any atom is 0.272 e. The minimum Gasteiger partial charge on any atom is -0.369 e. The van der Waals surface area contributed by atoms with Crippen molar-refractivity contribution < 1.29 is 14.1 Å². The number of hydrogen-bond acceptors (Lipinski definition) is 5.